The van der Waals surface area contributed by atoms with Crippen LogP contribution in [0.2, 0.25) is 0 Å². The molecule has 0 bridgehead atoms. The molecular formula is C8H12N2O8. The fraction of sp³-hybridized carbons (Fsp3) is 0.250. The fourth-order valence-corrected chi connectivity index (χ4v) is 0.582. The van der Waals surface area contributed by atoms with Crippen LogP contribution in [0.1, 0.15) is 0 Å². The summed E-state index contributed by atoms with van der Waals surface area (Å²) >= 11 is 0. The molecule has 0 unspecified atom stereocenters. The van der Waals surface area contributed by atoms with Crippen LogP contribution in [0.5, 0.6) is 0 Å². The lowest BCUT2D eigenvalue weighted by molar-refractivity contribution is -0.165. The van der Waals surface area contributed by atoms with Gasteiger partial charge < -0.3 is 25.9 Å². The van der Waals surface area contributed by atoms with E-state index < -0.39 is 24.1 Å². The number of aliphatic hydroxyl groups excluding tert-OH is 2. The van der Waals surface area contributed by atoms with E-state index in [2.05, 4.69) is 10.2 Å². The Bertz CT molecular complexity index is 396. The van der Waals surface area contributed by atoms with Crippen molar-refractivity contribution in [1.82, 2.24) is 10.2 Å². The van der Waals surface area contributed by atoms with Gasteiger partial charge in [0, 0.05) is 12.3 Å². The van der Waals surface area contributed by atoms with Gasteiger partial charge in [-0.05, 0) is 6.07 Å². The van der Waals surface area contributed by atoms with Crippen LogP contribution in [0, 0.1) is 0 Å². The fourth-order valence-electron chi connectivity index (χ4n) is 0.582. The van der Waals surface area contributed by atoms with E-state index in [0.717, 1.165) is 0 Å². The number of nitrogens with zero attached hydrogens (tertiary/aromatic N) is 1. The number of carboxylic acids is 2. The molecule has 102 valence electrons. The number of carbonyl (C=O) groups is 2. The van der Waals surface area contributed by atoms with Gasteiger partial charge in [-0.3, -0.25) is 4.79 Å². The van der Waals surface area contributed by atoms with Crippen molar-refractivity contribution in [2.45, 2.75) is 12.2 Å². The third-order valence-corrected chi connectivity index (χ3v) is 1.39. The number of aromatic nitrogens is 2. The van der Waals surface area contributed by atoms with Crippen LogP contribution in [0.3, 0.4) is 0 Å². The molecule has 1 heterocycles. The Labute approximate surface area is 99.4 Å². The normalized spacial score (nSPS) is 12.1. The van der Waals surface area contributed by atoms with E-state index in [1.807, 2.05) is 0 Å². The van der Waals surface area contributed by atoms with Crippen LogP contribution in [0.15, 0.2) is 23.1 Å². The first kappa shape index (κ1) is 18.1. The summed E-state index contributed by atoms with van der Waals surface area (Å²) in [6, 6.07) is 2.99. The number of rotatable bonds is 3. The number of nitrogens with one attached hydrogen (secondary N) is 1. The van der Waals surface area contributed by atoms with E-state index in [0.29, 0.717) is 0 Å². The summed E-state index contributed by atoms with van der Waals surface area (Å²) in [6.07, 6.45) is -3.02. The highest BCUT2D eigenvalue weighted by Crippen LogP contribution is 1.92. The molecule has 7 N–H and O–H groups in total. The van der Waals surface area contributed by atoms with Crippen LogP contribution in [0.25, 0.3) is 0 Å². The number of aliphatic carboxylic acids is 2. The molecule has 0 aliphatic carbocycles. The minimum atomic E-state index is -2.27. The van der Waals surface area contributed by atoms with E-state index in [9.17, 15) is 14.4 Å². The average molecular weight is 264 g/mol. The Kier molecular flexibility index (Phi) is 8.84. The molecule has 0 aliphatic heterocycles. The molecule has 10 nitrogen and oxygen atoms in total. The second kappa shape index (κ2) is 8.81. The number of carboxylic acid groups (broad SMARTS) is 2. The highest BCUT2D eigenvalue weighted by atomic mass is 16.4. The van der Waals surface area contributed by atoms with Crippen LogP contribution in [-0.2, 0) is 9.59 Å². The van der Waals surface area contributed by atoms with Crippen molar-refractivity contribution in [3.05, 3.63) is 28.7 Å². The number of aliphatic hydroxyl groups is 2. The average Bonchev–Trinajstić information content (AvgIpc) is 2.28. The van der Waals surface area contributed by atoms with E-state index >= 15 is 0 Å². The molecule has 10 heteroatoms. The number of hydrogen-bond donors (Lipinski definition) is 5. The van der Waals surface area contributed by atoms with Crippen molar-refractivity contribution in [3.63, 3.8) is 0 Å². The van der Waals surface area contributed by atoms with Crippen molar-refractivity contribution in [2.24, 2.45) is 0 Å². The molecule has 0 saturated carbocycles. The van der Waals surface area contributed by atoms with Gasteiger partial charge in [-0.25, -0.2) is 14.7 Å². The summed E-state index contributed by atoms with van der Waals surface area (Å²) < 4.78 is 0. The van der Waals surface area contributed by atoms with Gasteiger partial charge in [0.25, 0.3) is 5.56 Å². The lowest BCUT2D eigenvalue weighted by Gasteiger charge is -2.07. The molecule has 0 radical (unpaired) electrons. The minimum Gasteiger partial charge on any atom is -0.479 e. The van der Waals surface area contributed by atoms with Gasteiger partial charge in [0.05, 0.1) is 0 Å². The maximum absolute atomic E-state index is 10.2. The van der Waals surface area contributed by atoms with Gasteiger partial charge in [-0.15, -0.1) is 0 Å². The van der Waals surface area contributed by atoms with E-state index in [-0.39, 0.29) is 11.0 Å². The second-order valence-electron chi connectivity index (χ2n) is 2.68. The molecule has 1 aromatic heterocycles. The van der Waals surface area contributed by atoms with Crippen LogP contribution < -0.4 is 5.56 Å². The van der Waals surface area contributed by atoms with Gasteiger partial charge in [-0.1, -0.05) is 0 Å². The molecule has 18 heavy (non-hydrogen) atoms. The Balaban J connectivity index is 0. The summed E-state index contributed by atoms with van der Waals surface area (Å²) in [5, 5.41) is 38.2. The van der Waals surface area contributed by atoms with E-state index in [1.165, 1.54) is 12.3 Å². The number of aromatic amines is 1. The summed E-state index contributed by atoms with van der Waals surface area (Å²) in [6.45, 7) is 0. The number of hydrogen-bond acceptors (Lipinski definition) is 6. The van der Waals surface area contributed by atoms with Crippen molar-refractivity contribution in [1.29, 1.82) is 0 Å². The van der Waals surface area contributed by atoms with E-state index in [4.69, 9.17) is 20.4 Å². The molecule has 0 saturated heterocycles. The molecule has 0 aromatic carbocycles. The van der Waals surface area contributed by atoms with Crippen molar-refractivity contribution in [2.75, 3.05) is 0 Å². The van der Waals surface area contributed by atoms with Crippen molar-refractivity contribution in [3.8, 4) is 0 Å². The quantitative estimate of drug-likeness (QED) is 0.377. The van der Waals surface area contributed by atoms with Gasteiger partial charge in [0.1, 0.15) is 0 Å². The summed E-state index contributed by atoms with van der Waals surface area (Å²) in [5.41, 5.74) is -0.164. The van der Waals surface area contributed by atoms with Crippen LogP contribution in [-0.4, -0.2) is 60.2 Å². The molecule has 0 aliphatic rings. The standard InChI is InChI=1S/C4H4N2O.C4H6O6.H2O/c7-4-2-1-3-5-6-4;5-1(3(7)8)2(6)4(9)10;/h1-3H,(H,6,7);1-2,5-6H,(H,7,8)(H,9,10);1H2/t;1-,2-;/m.1./s1. The smallest absolute Gasteiger partial charge is 0.335 e. The number of H-pyrrole nitrogens is 1. The molecule has 0 spiro atoms. The van der Waals surface area contributed by atoms with Gasteiger partial charge in [0.2, 0.25) is 0 Å². The summed E-state index contributed by atoms with van der Waals surface area (Å²) in [5.74, 6) is -3.54. The Morgan fingerprint density at radius 2 is 1.61 bits per heavy atom. The zero-order valence-electron chi connectivity index (χ0n) is 8.85. The Morgan fingerprint density at radius 1 is 1.17 bits per heavy atom. The second-order valence-corrected chi connectivity index (χ2v) is 2.68. The van der Waals surface area contributed by atoms with Gasteiger partial charge in [0.15, 0.2) is 12.2 Å². The Hall–Kier alpha value is -2.30. The molecular weight excluding hydrogens is 252 g/mol. The first-order valence-corrected chi connectivity index (χ1v) is 4.17. The van der Waals surface area contributed by atoms with Crippen LogP contribution in [0.4, 0.5) is 0 Å². The first-order valence-electron chi connectivity index (χ1n) is 4.17. The maximum Gasteiger partial charge on any atom is 0.335 e. The first-order chi connectivity index (χ1) is 7.86. The topological polar surface area (TPSA) is 192 Å². The predicted molar refractivity (Wildman–Crippen MR) is 55.8 cm³/mol. The summed E-state index contributed by atoms with van der Waals surface area (Å²) in [4.78, 5) is 29.7. The Morgan fingerprint density at radius 3 is 1.78 bits per heavy atom. The third kappa shape index (κ3) is 7.05. The minimum absolute atomic E-state index is 0. The lowest BCUT2D eigenvalue weighted by Crippen LogP contribution is -2.39. The third-order valence-electron chi connectivity index (χ3n) is 1.39. The highest BCUT2D eigenvalue weighted by Gasteiger charge is 2.29. The molecule has 1 aromatic rings. The van der Waals surface area contributed by atoms with Crippen molar-refractivity contribution >= 4 is 11.9 Å². The molecule has 0 fully saturated rings. The zero-order valence-corrected chi connectivity index (χ0v) is 8.85. The van der Waals surface area contributed by atoms with Gasteiger partial charge in [-0.2, -0.15) is 5.10 Å². The summed E-state index contributed by atoms with van der Waals surface area (Å²) in [7, 11) is 0. The lowest BCUT2D eigenvalue weighted by atomic mass is 10.2. The molecule has 0 amide bonds. The van der Waals surface area contributed by atoms with Crippen molar-refractivity contribution < 1.29 is 35.5 Å². The highest BCUT2D eigenvalue weighted by molar-refractivity contribution is 5.83. The maximum atomic E-state index is 10.2. The van der Waals surface area contributed by atoms with E-state index in [1.54, 1.807) is 6.07 Å². The monoisotopic (exact) mass is 264 g/mol. The largest absolute Gasteiger partial charge is 0.479 e. The predicted octanol–water partition coefficient (Wildman–Crippen LogP) is -3.18. The SMILES string of the molecule is O.O=C(O)[C@H](O)[C@@H](O)C(=O)O.O=c1cccn[nH]1. The zero-order chi connectivity index (χ0) is 13.4. The van der Waals surface area contributed by atoms with Gasteiger partial charge >= 0.3 is 11.9 Å². The molecule has 1 rings (SSSR count). The molecule has 2 atom stereocenters. The van der Waals surface area contributed by atoms with Crippen LogP contribution >= 0.6 is 0 Å².